The molecule has 1 amide bonds. The topological polar surface area (TPSA) is 63.1 Å². The fourth-order valence-corrected chi connectivity index (χ4v) is 2.01. The Balaban J connectivity index is 1.88. The zero-order chi connectivity index (χ0) is 15.2. The van der Waals surface area contributed by atoms with Gasteiger partial charge in [-0.05, 0) is 38.7 Å². The van der Waals surface area contributed by atoms with Crippen LogP contribution in [0, 0.1) is 0 Å². The lowest BCUT2D eigenvalue weighted by Crippen LogP contribution is -2.29. The maximum absolute atomic E-state index is 12.1. The molecular weight excluding hydrogens is 266 g/mol. The Labute approximate surface area is 124 Å². The maximum atomic E-state index is 12.1. The largest absolute Gasteiger partial charge is 0.350 e. The molecule has 21 heavy (non-hydrogen) atoms. The van der Waals surface area contributed by atoms with E-state index in [-0.39, 0.29) is 11.9 Å². The van der Waals surface area contributed by atoms with Crippen LogP contribution < -0.4 is 5.32 Å². The molecule has 1 unspecified atom stereocenters. The molecule has 112 valence electrons. The van der Waals surface area contributed by atoms with Crippen LogP contribution in [-0.2, 0) is 6.54 Å². The van der Waals surface area contributed by atoms with Crippen LogP contribution in [0.15, 0.2) is 36.9 Å². The van der Waals surface area contributed by atoms with Crippen LogP contribution in [0.5, 0.6) is 0 Å². The predicted molar refractivity (Wildman–Crippen MR) is 80.9 cm³/mol. The Morgan fingerprint density at radius 2 is 2.05 bits per heavy atom. The molecule has 0 fully saturated rings. The van der Waals surface area contributed by atoms with E-state index in [0.29, 0.717) is 12.1 Å². The molecule has 0 radical (unpaired) electrons. The second kappa shape index (κ2) is 6.99. The van der Waals surface area contributed by atoms with E-state index in [2.05, 4.69) is 20.3 Å². The molecule has 1 atom stereocenters. The second-order valence-corrected chi connectivity index (χ2v) is 5.37. The Hall–Kier alpha value is -2.21. The van der Waals surface area contributed by atoms with E-state index in [1.807, 2.05) is 45.3 Å². The van der Waals surface area contributed by atoms with Crippen molar-refractivity contribution >= 4 is 5.91 Å². The van der Waals surface area contributed by atoms with Crippen LogP contribution >= 0.6 is 0 Å². The van der Waals surface area contributed by atoms with Gasteiger partial charge in [-0.25, -0.2) is 9.67 Å². The number of hydrogen-bond donors (Lipinski definition) is 1. The van der Waals surface area contributed by atoms with Crippen LogP contribution in [0.2, 0.25) is 0 Å². The minimum Gasteiger partial charge on any atom is -0.350 e. The third-order valence-electron chi connectivity index (χ3n) is 3.16. The lowest BCUT2D eigenvalue weighted by atomic mass is 10.1. The highest BCUT2D eigenvalue weighted by molar-refractivity contribution is 5.94. The summed E-state index contributed by atoms with van der Waals surface area (Å²) in [5.41, 5.74) is 1.86. The molecule has 0 saturated heterocycles. The summed E-state index contributed by atoms with van der Waals surface area (Å²) in [6, 6.07) is 7.75. The van der Waals surface area contributed by atoms with Crippen LogP contribution in [-0.4, -0.2) is 46.2 Å². The van der Waals surface area contributed by atoms with Gasteiger partial charge in [-0.1, -0.05) is 12.1 Å². The molecule has 1 N–H and O–H groups in total. The number of carbonyl (C=O) groups excluding carboxylic acids is 1. The zero-order valence-corrected chi connectivity index (χ0v) is 12.7. The molecule has 0 aliphatic rings. The van der Waals surface area contributed by atoms with Gasteiger partial charge >= 0.3 is 0 Å². The smallest absolute Gasteiger partial charge is 0.251 e. The summed E-state index contributed by atoms with van der Waals surface area (Å²) in [5, 5.41) is 6.96. The van der Waals surface area contributed by atoms with Gasteiger partial charge in [-0.15, -0.1) is 0 Å². The first-order valence-corrected chi connectivity index (χ1v) is 6.92. The van der Waals surface area contributed by atoms with Crippen molar-refractivity contribution in [3.8, 4) is 0 Å². The average molecular weight is 287 g/mol. The van der Waals surface area contributed by atoms with Crippen molar-refractivity contribution in [1.29, 1.82) is 0 Å². The monoisotopic (exact) mass is 287 g/mol. The third kappa shape index (κ3) is 4.39. The molecule has 0 aliphatic heterocycles. The minimum atomic E-state index is -0.0710. The molecular formula is C15H21N5O. The van der Waals surface area contributed by atoms with Crippen LogP contribution in [0.3, 0.4) is 0 Å². The van der Waals surface area contributed by atoms with E-state index in [1.165, 1.54) is 11.9 Å². The van der Waals surface area contributed by atoms with E-state index < -0.39 is 0 Å². The molecule has 0 spiro atoms. The normalized spacial score (nSPS) is 12.4. The molecule has 1 aromatic heterocycles. The lowest BCUT2D eigenvalue weighted by Gasteiger charge is -2.13. The van der Waals surface area contributed by atoms with Crippen molar-refractivity contribution in [3.05, 3.63) is 48.0 Å². The first-order valence-electron chi connectivity index (χ1n) is 6.92. The van der Waals surface area contributed by atoms with E-state index in [0.717, 1.165) is 6.54 Å². The fraction of sp³-hybridized carbons (Fsp3) is 0.400. The summed E-state index contributed by atoms with van der Waals surface area (Å²) in [5.74, 6) is -0.0710. The van der Waals surface area contributed by atoms with Crippen molar-refractivity contribution in [3.63, 3.8) is 0 Å². The fourth-order valence-electron chi connectivity index (χ4n) is 2.01. The summed E-state index contributed by atoms with van der Waals surface area (Å²) in [4.78, 5) is 18.1. The first kappa shape index (κ1) is 15.2. The van der Waals surface area contributed by atoms with Gasteiger partial charge in [0.25, 0.3) is 5.91 Å². The van der Waals surface area contributed by atoms with Gasteiger partial charge < -0.3 is 10.2 Å². The van der Waals surface area contributed by atoms with Crippen LogP contribution in [0.25, 0.3) is 0 Å². The highest BCUT2D eigenvalue weighted by atomic mass is 16.1. The Kier molecular flexibility index (Phi) is 5.05. The van der Waals surface area contributed by atoms with Gasteiger partial charge in [0.05, 0.1) is 6.04 Å². The van der Waals surface area contributed by atoms with Crippen molar-refractivity contribution in [2.45, 2.75) is 19.5 Å². The van der Waals surface area contributed by atoms with Crippen LogP contribution in [0.4, 0.5) is 0 Å². The molecule has 6 nitrogen and oxygen atoms in total. The van der Waals surface area contributed by atoms with E-state index in [4.69, 9.17) is 0 Å². The van der Waals surface area contributed by atoms with Crippen molar-refractivity contribution < 1.29 is 4.79 Å². The molecule has 0 saturated carbocycles. The maximum Gasteiger partial charge on any atom is 0.251 e. The van der Waals surface area contributed by atoms with E-state index in [9.17, 15) is 4.79 Å². The molecule has 6 heteroatoms. The molecule has 0 bridgehead atoms. The zero-order valence-electron chi connectivity index (χ0n) is 12.7. The number of hydrogen-bond acceptors (Lipinski definition) is 4. The summed E-state index contributed by atoms with van der Waals surface area (Å²) < 4.78 is 1.72. The Bertz CT molecular complexity index is 562. The predicted octanol–water partition coefficient (Wildman–Crippen LogP) is 1.33. The van der Waals surface area contributed by atoms with Gasteiger partial charge in [-0.3, -0.25) is 4.79 Å². The minimum absolute atomic E-state index is 0.0710. The highest BCUT2D eigenvalue weighted by Crippen LogP contribution is 2.07. The van der Waals surface area contributed by atoms with E-state index >= 15 is 0 Å². The quantitative estimate of drug-likeness (QED) is 0.870. The second-order valence-electron chi connectivity index (χ2n) is 5.37. The SMILES string of the molecule is CC(CNC(=O)c1ccc(CN(C)C)cc1)n1cncn1. The van der Waals surface area contributed by atoms with E-state index in [1.54, 1.807) is 11.0 Å². The summed E-state index contributed by atoms with van der Waals surface area (Å²) in [6.07, 6.45) is 3.13. The number of amides is 1. The number of carbonyl (C=O) groups is 1. The van der Waals surface area contributed by atoms with Gasteiger partial charge in [-0.2, -0.15) is 5.10 Å². The number of nitrogens with one attached hydrogen (secondary N) is 1. The van der Waals surface area contributed by atoms with Gasteiger partial charge in [0.15, 0.2) is 0 Å². The summed E-state index contributed by atoms with van der Waals surface area (Å²) >= 11 is 0. The Morgan fingerprint density at radius 3 is 2.62 bits per heavy atom. The van der Waals surface area contributed by atoms with Crippen molar-refractivity contribution in [2.24, 2.45) is 0 Å². The van der Waals surface area contributed by atoms with Gasteiger partial charge in [0.1, 0.15) is 12.7 Å². The number of benzene rings is 1. The van der Waals surface area contributed by atoms with Crippen molar-refractivity contribution in [2.75, 3.05) is 20.6 Å². The van der Waals surface area contributed by atoms with Crippen molar-refractivity contribution in [1.82, 2.24) is 25.0 Å². The molecule has 2 rings (SSSR count). The number of nitrogens with zero attached hydrogens (tertiary/aromatic N) is 4. The van der Waals surface area contributed by atoms with Gasteiger partial charge in [0, 0.05) is 18.7 Å². The molecule has 2 aromatic rings. The Morgan fingerprint density at radius 1 is 1.33 bits per heavy atom. The number of rotatable bonds is 6. The number of aromatic nitrogens is 3. The van der Waals surface area contributed by atoms with Crippen LogP contribution in [0.1, 0.15) is 28.9 Å². The third-order valence-corrected chi connectivity index (χ3v) is 3.16. The lowest BCUT2D eigenvalue weighted by molar-refractivity contribution is 0.0948. The molecule has 1 heterocycles. The average Bonchev–Trinajstić information content (AvgIpc) is 2.99. The molecule has 0 aliphatic carbocycles. The standard InChI is InChI=1S/C15H21N5O/c1-12(20-11-16-10-18-20)8-17-15(21)14-6-4-13(5-7-14)9-19(2)3/h4-7,10-12H,8-9H2,1-3H3,(H,17,21). The summed E-state index contributed by atoms with van der Waals surface area (Å²) in [6.45, 7) is 3.36. The molecule has 1 aromatic carbocycles. The first-order chi connectivity index (χ1) is 10.1. The summed E-state index contributed by atoms with van der Waals surface area (Å²) in [7, 11) is 4.04. The highest BCUT2D eigenvalue weighted by Gasteiger charge is 2.09. The van der Waals surface area contributed by atoms with Gasteiger partial charge in [0.2, 0.25) is 0 Å².